The molecule has 1 aromatic heterocycles. The van der Waals surface area contributed by atoms with Gasteiger partial charge in [-0.15, -0.1) is 0 Å². The number of rotatable bonds is 4. The lowest BCUT2D eigenvalue weighted by Crippen LogP contribution is -3.11. The van der Waals surface area contributed by atoms with E-state index in [4.69, 9.17) is 0 Å². The van der Waals surface area contributed by atoms with E-state index in [1.54, 1.807) is 0 Å². The summed E-state index contributed by atoms with van der Waals surface area (Å²) in [4.78, 5) is 25.3. The number of imide groups is 1. The largest absolute Gasteiger partial charge is 0.350 e. The fraction of sp³-hybridized carbons (Fsp3) is 0.647. The molecule has 1 aliphatic carbocycles. The SMILES string of the molecule is Cn1cccc1[C@@H]1CCC[NH+]1CC(=O)NC(=O)NC1CCCC1. The van der Waals surface area contributed by atoms with Crippen molar-refractivity contribution < 1.29 is 14.5 Å². The van der Waals surface area contributed by atoms with Crippen molar-refractivity contribution in [2.45, 2.75) is 50.6 Å². The zero-order chi connectivity index (χ0) is 16.2. The van der Waals surface area contributed by atoms with Crippen LogP contribution in [0.2, 0.25) is 0 Å². The molecular formula is C17H27N4O2+. The lowest BCUT2D eigenvalue weighted by molar-refractivity contribution is -0.911. The van der Waals surface area contributed by atoms with Gasteiger partial charge in [-0.1, -0.05) is 12.8 Å². The summed E-state index contributed by atoms with van der Waals surface area (Å²) in [5.41, 5.74) is 1.26. The van der Waals surface area contributed by atoms with Crippen molar-refractivity contribution in [2.24, 2.45) is 7.05 Å². The topological polar surface area (TPSA) is 67.6 Å². The van der Waals surface area contributed by atoms with Crippen LogP contribution in [0.3, 0.4) is 0 Å². The molecule has 23 heavy (non-hydrogen) atoms. The van der Waals surface area contributed by atoms with E-state index in [-0.39, 0.29) is 18.0 Å². The second-order valence-electron chi connectivity index (χ2n) is 6.83. The second kappa shape index (κ2) is 7.17. The van der Waals surface area contributed by atoms with Crippen LogP contribution in [0.5, 0.6) is 0 Å². The number of amides is 3. The highest BCUT2D eigenvalue weighted by Gasteiger charge is 2.33. The third-order valence-corrected chi connectivity index (χ3v) is 5.16. The number of carbonyl (C=O) groups is 2. The zero-order valence-corrected chi connectivity index (χ0v) is 13.8. The van der Waals surface area contributed by atoms with E-state index in [9.17, 15) is 9.59 Å². The Balaban J connectivity index is 1.50. The highest BCUT2D eigenvalue weighted by atomic mass is 16.2. The van der Waals surface area contributed by atoms with Crippen molar-refractivity contribution in [1.82, 2.24) is 15.2 Å². The second-order valence-corrected chi connectivity index (χ2v) is 6.83. The Kier molecular flexibility index (Phi) is 5.00. The van der Waals surface area contributed by atoms with E-state index in [1.165, 1.54) is 10.6 Å². The number of hydrogen-bond acceptors (Lipinski definition) is 2. The van der Waals surface area contributed by atoms with E-state index < -0.39 is 0 Å². The molecule has 0 radical (unpaired) electrons. The van der Waals surface area contributed by atoms with Gasteiger partial charge in [0.2, 0.25) is 0 Å². The molecule has 3 amide bonds. The Morgan fingerprint density at radius 2 is 2.04 bits per heavy atom. The Hall–Kier alpha value is -1.82. The lowest BCUT2D eigenvalue weighted by Gasteiger charge is -2.21. The van der Waals surface area contributed by atoms with Gasteiger partial charge in [0.1, 0.15) is 6.04 Å². The number of nitrogens with zero attached hydrogens (tertiary/aromatic N) is 1. The minimum Gasteiger partial charge on any atom is -0.350 e. The van der Waals surface area contributed by atoms with Gasteiger partial charge in [-0.25, -0.2) is 4.79 Å². The van der Waals surface area contributed by atoms with E-state index in [1.807, 2.05) is 19.3 Å². The number of urea groups is 1. The highest BCUT2D eigenvalue weighted by molar-refractivity contribution is 5.94. The molecule has 2 heterocycles. The third kappa shape index (κ3) is 3.93. The summed E-state index contributed by atoms with van der Waals surface area (Å²) in [6.07, 6.45) is 8.62. The average Bonchev–Trinajstić information content (AvgIpc) is 3.21. The predicted molar refractivity (Wildman–Crippen MR) is 87.0 cm³/mol. The van der Waals surface area contributed by atoms with Crippen LogP contribution in [0.4, 0.5) is 4.79 Å². The molecule has 2 aliphatic rings. The van der Waals surface area contributed by atoms with Crippen LogP contribution in [-0.4, -0.2) is 35.6 Å². The van der Waals surface area contributed by atoms with Crippen LogP contribution in [-0.2, 0) is 11.8 Å². The van der Waals surface area contributed by atoms with Crippen LogP contribution < -0.4 is 15.5 Å². The number of carbonyl (C=O) groups excluding carboxylic acids is 2. The third-order valence-electron chi connectivity index (χ3n) is 5.16. The first-order chi connectivity index (χ1) is 11.1. The van der Waals surface area contributed by atoms with Gasteiger partial charge in [0, 0.05) is 32.1 Å². The number of aryl methyl sites for hydroxylation is 1. The highest BCUT2D eigenvalue weighted by Crippen LogP contribution is 2.19. The maximum Gasteiger partial charge on any atom is 0.321 e. The summed E-state index contributed by atoms with van der Waals surface area (Å²) in [6, 6.07) is 4.41. The first-order valence-corrected chi connectivity index (χ1v) is 8.69. The maximum absolute atomic E-state index is 12.2. The molecule has 0 spiro atoms. The van der Waals surface area contributed by atoms with Crippen LogP contribution in [0, 0.1) is 0 Å². The average molecular weight is 319 g/mol. The zero-order valence-electron chi connectivity index (χ0n) is 13.8. The number of quaternary nitrogens is 1. The molecule has 1 saturated heterocycles. The molecule has 6 heteroatoms. The molecule has 1 unspecified atom stereocenters. The Labute approximate surface area is 137 Å². The number of nitrogens with one attached hydrogen (secondary N) is 3. The van der Waals surface area contributed by atoms with Crippen molar-refractivity contribution >= 4 is 11.9 Å². The predicted octanol–water partition coefficient (Wildman–Crippen LogP) is 0.513. The summed E-state index contributed by atoms with van der Waals surface area (Å²) in [7, 11) is 2.04. The van der Waals surface area contributed by atoms with Crippen LogP contribution in [0.15, 0.2) is 18.3 Å². The van der Waals surface area contributed by atoms with E-state index >= 15 is 0 Å². The fourth-order valence-corrected chi connectivity index (χ4v) is 3.99. The normalized spacial score (nSPS) is 24.7. The van der Waals surface area contributed by atoms with Gasteiger partial charge < -0.3 is 14.8 Å². The van der Waals surface area contributed by atoms with Crippen molar-refractivity contribution in [3.05, 3.63) is 24.0 Å². The summed E-state index contributed by atoms with van der Waals surface area (Å²) in [5.74, 6) is -0.184. The van der Waals surface area contributed by atoms with Crippen molar-refractivity contribution in [3.8, 4) is 0 Å². The van der Waals surface area contributed by atoms with Crippen LogP contribution in [0.25, 0.3) is 0 Å². The summed E-state index contributed by atoms with van der Waals surface area (Å²) >= 11 is 0. The molecule has 1 saturated carbocycles. The van der Waals surface area contributed by atoms with E-state index in [0.29, 0.717) is 12.6 Å². The quantitative estimate of drug-likeness (QED) is 0.757. The van der Waals surface area contributed by atoms with Crippen molar-refractivity contribution in [2.75, 3.05) is 13.1 Å². The van der Waals surface area contributed by atoms with Gasteiger partial charge in [0.05, 0.1) is 12.2 Å². The number of aromatic nitrogens is 1. The van der Waals surface area contributed by atoms with Crippen molar-refractivity contribution in [3.63, 3.8) is 0 Å². The standard InChI is InChI=1S/C17H26N4O2/c1-20-10-4-8-14(20)15-9-5-11-21(15)12-16(22)19-17(23)18-13-6-2-3-7-13/h4,8,10,13,15H,2-3,5-7,9,11-12H2,1H3,(H2,18,19,22,23)/p+1/t15-/m0/s1. The summed E-state index contributed by atoms with van der Waals surface area (Å²) in [6.45, 7) is 1.33. The molecule has 1 aliphatic heterocycles. The maximum atomic E-state index is 12.2. The monoisotopic (exact) mass is 319 g/mol. The molecule has 3 N–H and O–H groups in total. The molecule has 0 aromatic carbocycles. The summed E-state index contributed by atoms with van der Waals surface area (Å²) in [5, 5.41) is 5.40. The Bertz CT molecular complexity index is 563. The van der Waals surface area contributed by atoms with Crippen LogP contribution >= 0.6 is 0 Å². The van der Waals surface area contributed by atoms with Gasteiger partial charge >= 0.3 is 6.03 Å². The van der Waals surface area contributed by atoms with Gasteiger partial charge in [-0.05, 0) is 25.0 Å². The molecule has 126 valence electrons. The summed E-state index contributed by atoms with van der Waals surface area (Å²) < 4.78 is 2.13. The molecule has 2 atom stereocenters. The Morgan fingerprint density at radius 3 is 2.74 bits per heavy atom. The molecule has 3 rings (SSSR count). The minimum absolute atomic E-state index is 0.184. The first kappa shape index (κ1) is 16.1. The molecular weight excluding hydrogens is 292 g/mol. The van der Waals surface area contributed by atoms with Gasteiger partial charge in [-0.3, -0.25) is 10.1 Å². The number of likely N-dealkylation sites (tertiary alicyclic amines) is 1. The smallest absolute Gasteiger partial charge is 0.321 e. The Morgan fingerprint density at radius 1 is 1.26 bits per heavy atom. The van der Waals surface area contributed by atoms with E-state index in [0.717, 1.165) is 45.1 Å². The molecule has 0 bridgehead atoms. The minimum atomic E-state index is -0.337. The molecule has 6 nitrogen and oxygen atoms in total. The number of hydrogen-bond donors (Lipinski definition) is 3. The molecule has 2 fully saturated rings. The van der Waals surface area contributed by atoms with Gasteiger partial charge in [0.15, 0.2) is 6.54 Å². The molecule has 1 aromatic rings. The van der Waals surface area contributed by atoms with Crippen LogP contribution in [0.1, 0.15) is 50.3 Å². The van der Waals surface area contributed by atoms with Crippen molar-refractivity contribution in [1.29, 1.82) is 0 Å². The van der Waals surface area contributed by atoms with Gasteiger partial charge in [0.25, 0.3) is 5.91 Å². The van der Waals surface area contributed by atoms with E-state index in [2.05, 4.69) is 21.3 Å². The first-order valence-electron chi connectivity index (χ1n) is 8.69. The lowest BCUT2D eigenvalue weighted by atomic mass is 10.1. The van der Waals surface area contributed by atoms with Gasteiger partial charge in [-0.2, -0.15) is 0 Å². The fourth-order valence-electron chi connectivity index (χ4n) is 3.99.